The Morgan fingerprint density at radius 3 is 2.90 bits per heavy atom. The molecule has 0 aliphatic carbocycles. The summed E-state index contributed by atoms with van der Waals surface area (Å²) in [6.07, 6.45) is 11.5. The summed E-state index contributed by atoms with van der Waals surface area (Å²) in [5, 5.41) is 3.51. The molecular weight excluding hydrogens is 386 g/mol. The summed E-state index contributed by atoms with van der Waals surface area (Å²) in [6.45, 7) is 9.35. The highest BCUT2D eigenvalue weighted by atomic mass is 35.5. The third kappa shape index (κ3) is 5.23. The first kappa shape index (κ1) is 20.6. The summed E-state index contributed by atoms with van der Waals surface area (Å²) in [5.41, 5.74) is 1.67. The molecule has 0 saturated carbocycles. The van der Waals surface area contributed by atoms with Crippen molar-refractivity contribution in [1.29, 1.82) is 0 Å². The molecular formula is C22H24ClN5O. The molecule has 1 atom stereocenters. The molecule has 0 spiro atoms. The van der Waals surface area contributed by atoms with Crippen LogP contribution in [0.3, 0.4) is 0 Å². The molecule has 0 bridgehead atoms. The molecule has 1 unspecified atom stereocenters. The van der Waals surface area contributed by atoms with Gasteiger partial charge in [0.1, 0.15) is 11.9 Å². The first-order valence-electron chi connectivity index (χ1n) is 9.39. The summed E-state index contributed by atoms with van der Waals surface area (Å²) in [5.74, 6) is 0.582. The highest BCUT2D eigenvalue weighted by molar-refractivity contribution is 6.31. The van der Waals surface area contributed by atoms with Crippen LogP contribution in [0, 0.1) is 0 Å². The molecule has 29 heavy (non-hydrogen) atoms. The van der Waals surface area contributed by atoms with Crippen LogP contribution >= 0.6 is 11.6 Å². The van der Waals surface area contributed by atoms with Crippen LogP contribution in [-0.2, 0) is 6.54 Å². The Bertz CT molecular complexity index is 932. The van der Waals surface area contributed by atoms with Gasteiger partial charge in [-0.2, -0.15) is 0 Å². The number of carbonyl (C=O) groups is 1. The second kappa shape index (κ2) is 9.89. The Morgan fingerprint density at radius 2 is 2.17 bits per heavy atom. The molecule has 2 amide bonds. The van der Waals surface area contributed by atoms with Gasteiger partial charge >= 0.3 is 6.03 Å². The number of nitrogens with one attached hydrogen (secondary N) is 1. The minimum atomic E-state index is -0.352. The van der Waals surface area contributed by atoms with Crippen molar-refractivity contribution < 1.29 is 4.79 Å². The molecule has 1 aromatic carbocycles. The van der Waals surface area contributed by atoms with Gasteiger partial charge in [-0.1, -0.05) is 61.2 Å². The van der Waals surface area contributed by atoms with Crippen molar-refractivity contribution in [2.24, 2.45) is 4.99 Å². The maximum absolute atomic E-state index is 12.7. The highest BCUT2D eigenvalue weighted by Crippen LogP contribution is 2.32. The number of amidine groups is 1. The van der Waals surface area contributed by atoms with E-state index in [0.717, 1.165) is 24.1 Å². The van der Waals surface area contributed by atoms with Gasteiger partial charge in [0.15, 0.2) is 0 Å². The van der Waals surface area contributed by atoms with Gasteiger partial charge in [-0.15, -0.1) is 0 Å². The Morgan fingerprint density at radius 1 is 1.34 bits per heavy atom. The fourth-order valence-electron chi connectivity index (χ4n) is 3.17. The minimum absolute atomic E-state index is 0.174. The van der Waals surface area contributed by atoms with Crippen LogP contribution in [0.5, 0.6) is 0 Å². The van der Waals surface area contributed by atoms with Crippen LogP contribution in [-0.4, -0.2) is 39.4 Å². The Balaban J connectivity index is 1.81. The number of carbonyl (C=O) groups excluding carboxylic acids is 1. The lowest BCUT2D eigenvalue weighted by molar-refractivity contribution is 0.204. The monoisotopic (exact) mass is 409 g/mol. The normalized spacial score (nSPS) is 17.8. The first-order chi connectivity index (χ1) is 14.1. The number of nitrogens with zero attached hydrogens (tertiary/aromatic N) is 4. The van der Waals surface area contributed by atoms with E-state index in [9.17, 15) is 4.79 Å². The lowest BCUT2D eigenvalue weighted by Gasteiger charge is -2.24. The number of aryl methyl sites for hydroxylation is 1. The summed E-state index contributed by atoms with van der Waals surface area (Å²) < 4.78 is 1.99. The fraction of sp³-hybridized carbons (Fsp3) is 0.227. The van der Waals surface area contributed by atoms with Crippen molar-refractivity contribution in [3.8, 4) is 0 Å². The van der Waals surface area contributed by atoms with Crippen molar-refractivity contribution in [2.45, 2.75) is 19.0 Å². The van der Waals surface area contributed by atoms with E-state index < -0.39 is 0 Å². The Hall–Kier alpha value is -3.12. The molecule has 1 fully saturated rings. The van der Waals surface area contributed by atoms with Crippen molar-refractivity contribution in [2.75, 3.05) is 13.1 Å². The second-order valence-electron chi connectivity index (χ2n) is 6.66. The van der Waals surface area contributed by atoms with E-state index in [4.69, 9.17) is 11.6 Å². The molecule has 1 aromatic heterocycles. The molecule has 2 heterocycles. The summed E-state index contributed by atoms with van der Waals surface area (Å²) >= 11 is 6.46. The standard InChI is InChI=1S/C22H24ClN5O/c1-3-4-8-17(2)15-25-21-20(18-9-5-6-10-19(18)23)28(22(29)26-21)13-7-12-27-14-11-24-16-27/h3-6,8-11,14,16,20H,1-2,7,12-13,15H2,(H,25,26,29)/b8-4-. The lowest BCUT2D eigenvalue weighted by atomic mass is 10.1. The third-order valence-electron chi connectivity index (χ3n) is 4.56. The number of hydrogen-bond acceptors (Lipinski definition) is 3. The molecule has 1 aliphatic rings. The smallest absolute Gasteiger partial charge is 0.323 e. The van der Waals surface area contributed by atoms with Crippen LogP contribution in [0.15, 0.2) is 84.9 Å². The number of amides is 2. The number of halogens is 1. The molecule has 1 N–H and O–H groups in total. The van der Waals surface area contributed by atoms with E-state index in [2.05, 4.69) is 28.5 Å². The van der Waals surface area contributed by atoms with E-state index in [1.54, 1.807) is 23.5 Å². The predicted molar refractivity (Wildman–Crippen MR) is 117 cm³/mol. The zero-order valence-electron chi connectivity index (χ0n) is 16.2. The number of imidazole rings is 1. The number of benzene rings is 1. The molecule has 7 heteroatoms. The van der Waals surface area contributed by atoms with E-state index >= 15 is 0 Å². The molecule has 1 saturated heterocycles. The molecule has 1 aliphatic heterocycles. The van der Waals surface area contributed by atoms with E-state index in [1.165, 1.54) is 0 Å². The number of aromatic nitrogens is 2. The maximum atomic E-state index is 12.7. The van der Waals surface area contributed by atoms with Gasteiger partial charge in [-0.3, -0.25) is 10.3 Å². The average Bonchev–Trinajstić information content (AvgIpc) is 3.33. The SMILES string of the molecule is C=C/C=C\C(=C)CN=C1NC(=O)N(CCCn2ccnc2)C1c1ccccc1Cl. The zero-order chi connectivity index (χ0) is 20.6. The van der Waals surface area contributed by atoms with Crippen LogP contribution in [0.4, 0.5) is 4.79 Å². The fourth-order valence-corrected chi connectivity index (χ4v) is 3.41. The molecule has 6 nitrogen and oxygen atoms in total. The van der Waals surface area contributed by atoms with Crippen molar-refractivity contribution in [3.05, 3.63) is 90.5 Å². The lowest BCUT2D eigenvalue weighted by Crippen LogP contribution is -2.31. The topological polar surface area (TPSA) is 62.5 Å². The Labute approximate surface area is 175 Å². The predicted octanol–water partition coefficient (Wildman–Crippen LogP) is 4.39. The van der Waals surface area contributed by atoms with Crippen LogP contribution in [0.2, 0.25) is 5.02 Å². The molecule has 0 radical (unpaired) electrons. The minimum Gasteiger partial charge on any atom is -0.337 e. The van der Waals surface area contributed by atoms with Crippen molar-refractivity contribution in [1.82, 2.24) is 19.8 Å². The van der Waals surface area contributed by atoms with Crippen molar-refractivity contribution in [3.63, 3.8) is 0 Å². The highest BCUT2D eigenvalue weighted by Gasteiger charge is 2.38. The third-order valence-corrected chi connectivity index (χ3v) is 4.91. The van der Waals surface area contributed by atoms with Crippen LogP contribution in [0.1, 0.15) is 18.0 Å². The quantitative estimate of drug-likeness (QED) is 0.624. The maximum Gasteiger partial charge on any atom is 0.323 e. The molecule has 150 valence electrons. The second-order valence-corrected chi connectivity index (χ2v) is 7.06. The largest absolute Gasteiger partial charge is 0.337 e. The molecule has 3 rings (SSSR count). The van der Waals surface area contributed by atoms with Crippen LogP contribution < -0.4 is 5.32 Å². The van der Waals surface area contributed by atoms with E-state index in [1.807, 2.05) is 47.2 Å². The van der Waals surface area contributed by atoms with E-state index in [0.29, 0.717) is 23.9 Å². The molecule has 2 aromatic rings. The number of rotatable bonds is 9. The van der Waals surface area contributed by atoms with Gasteiger partial charge < -0.3 is 9.47 Å². The van der Waals surface area contributed by atoms with Crippen LogP contribution in [0.25, 0.3) is 0 Å². The number of allylic oxidation sites excluding steroid dienone is 2. The van der Waals surface area contributed by atoms with Gasteiger partial charge in [-0.25, -0.2) is 9.78 Å². The van der Waals surface area contributed by atoms with Gasteiger partial charge in [0.2, 0.25) is 0 Å². The Kier molecular flexibility index (Phi) is 7.03. The summed E-state index contributed by atoms with van der Waals surface area (Å²) in [7, 11) is 0. The van der Waals surface area contributed by atoms with Gasteiger partial charge in [0.05, 0.1) is 12.9 Å². The van der Waals surface area contributed by atoms with Gasteiger partial charge in [0, 0.05) is 36.1 Å². The summed E-state index contributed by atoms with van der Waals surface area (Å²) in [6, 6.07) is 7.02. The summed E-state index contributed by atoms with van der Waals surface area (Å²) in [4.78, 5) is 23.2. The van der Waals surface area contributed by atoms with Gasteiger partial charge in [-0.05, 0) is 18.1 Å². The number of urea groups is 1. The first-order valence-corrected chi connectivity index (χ1v) is 9.77. The van der Waals surface area contributed by atoms with Crippen molar-refractivity contribution >= 4 is 23.5 Å². The average molecular weight is 410 g/mol. The number of aliphatic imine (C=N–C) groups is 1. The number of hydrogen-bond donors (Lipinski definition) is 1. The van der Waals surface area contributed by atoms with E-state index in [-0.39, 0.29) is 12.1 Å². The van der Waals surface area contributed by atoms with Gasteiger partial charge in [0.25, 0.3) is 0 Å². The zero-order valence-corrected chi connectivity index (χ0v) is 16.9.